The maximum Gasteiger partial charge on any atom is 0.257 e. The number of amides is 1. The maximum atomic E-state index is 14.3. The van der Waals surface area contributed by atoms with Crippen molar-refractivity contribution in [1.29, 1.82) is 0 Å². The normalized spacial score (nSPS) is 17.9. The van der Waals surface area contributed by atoms with Gasteiger partial charge in [0.25, 0.3) is 5.91 Å². The van der Waals surface area contributed by atoms with Crippen LogP contribution in [0, 0.1) is 12.7 Å². The lowest BCUT2D eigenvalue weighted by atomic mass is 9.97. The average Bonchev–Trinajstić information content (AvgIpc) is 3.39. The first-order valence-electron chi connectivity index (χ1n) is 12.9. The number of anilines is 1. The van der Waals surface area contributed by atoms with Crippen LogP contribution in [-0.2, 0) is 4.79 Å². The molecule has 0 saturated carbocycles. The molecule has 1 atom stereocenters. The summed E-state index contributed by atoms with van der Waals surface area (Å²) in [5.74, 6) is 1.05. The third-order valence-electron chi connectivity index (χ3n) is 7.24. The van der Waals surface area contributed by atoms with Crippen LogP contribution in [-0.4, -0.2) is 68.5 Å². The second-order valence-corrected chi connectivity index (χ2v) is 9.70. The molecule has 2 heterocycles. The lowest BCUT2D eigenvalue weighted by Crippen LogP contribution is -2.49. The Labute approximate surface area is 223 Å². The zero-order chi connectivity index (χ0) is 26.6. The number of hydrogen-bond acceptors (Lipinski definition) is 6. The summed E-state index contributed by atoms with van der Waals surface area (Å²) in [5.41, 5.74) is 4.52. The Hall–Kier alpha value is -3.91. The van der Waals surface area contributed by atoms with E-state index < -0.39 is 0 Å². The number of ether oxygens (including phenoxy) is 2. The minimum atomic E-state index is -0.293. The molecule has 198 valence electrons. The molecule has 1 saturated heterocycles. The fourth-order valence-electron chi connectivity index (χ4n) is 5.19. The molecule has 0 aliphatic carbocycles. The first-order valence-corrected chi connectivity index (χ1v) is 12.9. The van der Waals surface area contributed by atoms with Crippen LogP contribution in [0.15, 0.2) is 71.8 Å². The summed E-state index contributed by atoms with van der Waals surface area (Å²) in [6.45, 7) is 4.93. The summed E-state index contributed by atoms with van der Waals surface area (Å²) in [5, 5.41) is 6.46. The van der Waals surface area contributed by atoms with Gasteiger partial charge in [0.15, 0.2) is 0 Å². The van der Waals surface area contributed by atoms with Gasteiger partial charge in [0, 0.05) is 44.2 Å². The SMILES string of the molecule is COc1ccc([C@@H]2CC(c3cccc(C)c3)=NN2C(=O)CN2CCN(c3ccccc3F)CC2)c(OC)c1. The predicted molar refractivity (Wildman–Crippen MR) is 147 cm³/mol. The van der Waals surface area contributed by atoms with Crippen LogP contribution in [0.4, 0.5) is 10.1 Å². The Morgan fingerprint density at radius 2 is 1.76 bits per heavy atom. The molecular weight excluding hydrogens is 483 g/mol. The molecule has 1 amide bonds. The van der Waals surface area contributed by atoms with E-state index in [-0.39, 0.29) is 24.3 Å². The fourth-order valence-corrected chi connectivity index (χ4v) is 5.19. The molecule has 3 aromatic carbocycles. The van der Waals surface area contributed by atoms with Crippen LogP contribution >= 0.6 is 0 Å². The van der Waals surface area contributed by atoms with E-state index in [1.165, 1.54) is 6.07 Å². The van der Waals surface area contributed by atoms with Crippen molar-refractivity contribution in [1.82, 2.24) is 9.91 Å². The Morgan fingerprint density at radius 3 is 2.47 bits per heavy atom. The summed E-state index contributed by atoms with van der Waals surface area (Å²) in [7, 11) is 3.24. The number of hydrogen-bond donors (Lipinski definition) is 0. The fraction of sp³-hybridized carbons (Fsp3) is 0.333. The minimum Gasteiger partial charge on any atom is -0.497 e. The highest BCUT2D eigenvalue weighted by atomic mass is 19.1. The number of aryl methyl sites for hydroxylation is 1. The quantitative estimate of drug-likeness (QED) is 0.458. The summed E-state index contributed by atoms with van der Waals surface area (Å²) in [4.78, 5) is 17.9. The zero-order valence-electron chi connectivity index (χ0n) is 22.1. The molecular formula is C30H33FN4O3. The van der Waals surface area contributed by atoms with E-state index in [0.717, 1.165) is 22.4 Å². The highest BCUT2D eigenvalue weighted by Crippen LogP contribution is 2.39. The molecule has 8 heteroatoms. The standard InChI is InChI=1S/C30H33FN4O3/c1-21-7-6-8-22(17-21)26-19-28(24-12-11-23(37-2)18-29(24)38-3)35(32-26)30(36)20-33-13-15-34(16-14-33)27-10-5-4-9-25(27)31/h4-12,17-18,28H,13-16,19-20H2,1-3H3/t28-/m0/s1. The molecule has 5 rings (SSSR count). The van der Waals surface area contributed by atoms with E-state index in [9.17, 15) is 9.18 Å². The summed E-state index contributed by atoms with van der Waals surface area (Å²) >= 11 is 0. The van der Waals surface area contributed by atoms with Gasteiger partial charge in [-0.25, -0.2) is 9.40 Å². The van der Waals surface area contributed by atoms with E-state index in [0.29, 0.717) is 49.8 Å². The van der Waals surface area contributed by atoms with Crippen molar-refractivity contribution in [3.63, 3.8) is 0 Å². The van der Waals surface area contributed by atoms with Crippen molar-refractivity contribution in [2.45, 2.75) is 19.4 Å². The minimum absolute atomic E-state index is 0.0742. The van der Waals surface area contributed by atoms with Crippen molar-refractivity contribution < 1.29 is 18.7 Å². The van der Waals surface area contributed by atoms with Crippen molar-refractivity contribution in [3.05, 3.63) is 89.2 Å². The third kappa shape index (κ3) is 5.36. The van der Waals surface area contributed by atoms with Crippen molar-refractivity contribution in [2.24, 2.45) is 5.10 Å². The Kier molecular flexibility index (Phi) is 7.60. The van der Waals surface area contributed by atoms with Gasteiger partial charge in [-0.3, -0.25) is 9.69 Å². The second kappa shape index (κ2) is 11.2. The molecule has 1 fully saturated rings. The molecule has 0 radical (unpaired) electrons. The maximum absolute atomic E-state index is 14.3. The zero-order valence-corrected chi connectivity index (χ0v) is 22.1. The number of nitrogens with zero attached hydrogens (tertiary/aromatic N) is 4. The van der Waals surface area contributed by atoms with Crippen LogP contribution in [0.1, 0.15) is 29.2 Å². The Balaban J connectivity index is 1.36. The summed E-state index contributed by atoms with van der Waals surface area (Å²) < 4.78 is 25.3. The first-order chi connectivity index (χ1) is 18.5. The van der Waals surface area contributed by atoms with Crippen LogP contribution < -0.4 is 14.4 Å². The van der Waals surface area contributed by atoms with Crippen molar-refractivity contribution >= 4 is 17.3 Å². The first kappa shape index (κ1) is 25.7. The number of piperazine rings is 1. The molecule has 2 aliphatic heterocycles. The van der Waals surface area contributed by atoms with Gasteiger partial charge in [0.2, 0.25) is 0 Å². The van der Waals surface area contributed by atoms with Crippen molar-refractivity contribution in [2.75, 3.05) is 51.8 Å². The highest BCUT2D eigenvalue weighted by molar-refractivity contribution is 6.03. The van der Waals surface area contributed by atoms with Gasteiger partial charge in [0.05, 0.1) is 38.2 Å². The number of benzene rings is 3. The molecule has 0 bridgehead atoms. The number of halogens is 1. The van der Waals surface area contributed by atoms with E-state index in [2.05, 4.69) is 11.0 Å². The van der Waals surface area contributed by atoms with E-state index in [1.54, 1.807) is 31.4 Å². The second-order valence-electron chi connectivity index (χ2n) is 9.70. The third-order valence-corrected chi connectivity index (χ3v) is 7.24. The smallest absolute Gasteiger partial charge is 0.257 e. The Morgan fingerprint density at radius 1 is 0.974 bits per heavy atom. The van der Waals surface area contributed by atoms with E-state index in [4.69, 9.17) is 14.6 Å². The number of rotatable bonds is 7. The van der Waals surface area contributed by atoms with Gasteiger partial charge in [-0.15, -0.1) is 0 Å². The van der Waals surface area contributed by atoms with Crippen LogP contribution in [0.25, 0.3) is 0 Å². The number of para-hydroxylation sites is 1. The van der Waals surface area contributed by atoms with Crippen LogP contribution in [0.3, 0.4) is 0 Å². The molecule has 0 N–H and O–H groups in total. The van der Waals surface area contributed by atoms with Crippen molar-refractivity contribution in [3.8, 4) is 11.5 Å². The van der Waals surface area contributed by atoms with Gasteiger partial charge in [-0.1, -0.05) is 42.0 Å². The van der Waals surface area contributed by atoms with E-state index in [1.807, 2.05) is 54.3 Å². The number of hydrazone groups is 1. The highest BCUT2D eigenvalue weighted by Gasteiger charge is 2.36. The molecule has 2 aliphatic rings. The van der Waals surface area contributed by atoms with Gasteiger partial charge in [0.1, 0.15) is 17.3 Å². The lowest BCUT2D eigenvalue weighted by Gasteiger charge is -2.36. The molecule has 7 nitrogen and oxygen atoms in total. The van der Waals surface area contributed by atoms with Gasteiger partial charge in [-0.2, -0.15) is 5.10 Å². The predicted octanol–water partition coefficient (Wildman–Crippen LogP) is 4.65. The molecule has 3 aromatic rings. The molecule has 38 heavy (non-hydrogen) atoms. The van der Waals surface area contributed by atoms with Crippen LogP contribution in [0.5, 0.6) is 11.5 Å². The monoisotopic (exact) mass is 516 g/mol. The molecule has 0 spiro atoms. The van der Waals surface area contributed by atoms with Crippen LogP contribution in [0.2, 0.25) is 0 Å². The number of methoxy groups -OCH3 is 2. The number of carbonyl (C=O) groups is 1. The van der Waals surface area contributed by atoms with Gasteiger partial charge < -0.3 is 14.4 Å². The van der Waals surface area contributed by atoms with Gasteiger partial charge in [-0.05, 0) is 36.8 Å². The van der Waals surface area contributed by atoms with E-state index >= 15 is 0 Å². The molecule has 0 aromatic heterocycles. The largest absolute Gasteiger partial charge is 0.497 e. The summed E-state index contributed by atoms with van der Waals surface area (Å²) in [6.07, 6.45) is 0.582. The average molecular weight is 517 g/mol. The number of carbonyl (C=O) groups excluding carboxylic acids is 1. The summed E-state index contributed by atoms with van der Waals surface area (Å²) in [6, 6.07) is 20.4. The van der Waals surface area contributed by atoms with Gasteiger partial charge >= 0.3 is 0 Å². The molecule has 0 unspecified atom stereocenters. The lowest BCUT2D eigenvalue weighted by molar-refractivity contribution is -0.134. The topological polar surface area (TPSA) is 57.6 Å². The Bertz CT molecular complexity index is 1340.